The Morgan fingerprint density at radius 3 is 2.37 bits per heavy atom. The lowest BCUT2D eigenvalue weighted by molar-refractivity contribution is 0.0529. The molecule has 0 radical (unpaired) electrons. The molecule has 1 amide bonds. The second-order valence-electron chi connectivity index (χ2n) is 8.69. The van der Waals surface area contributed by atoms with E-state index in [0.29, 0.717) is 27.3 Å². The summed E-state index contributed by atoms with van der Waals surface area (Å²) in [5.41, 5.74) is 5.75. The van der Waals surface area contributed by atoms with E-state index in [-0.39, 0.29) is 12.5 Å². The summed E-state index contributed by atoms with van der Waals surface area (Å²) < 4.78 is 10.6. The Kier molecular flexibility index (Phi) is 7.20. The van der Waals surface area contributed by atoms with Crippen molar-refractivity contribution in [1.29, 1.82) is 0 Å². The average molecular weight is 523 g/mol. The minimum Gasteiger partial charge on any atom is -0.497 e. The third-order valence-corrected chi connectivity index (χ3v) is 7.10. The van der Waals surface area contributed by atoms with Crippen molar-refractivity contribution in [2.75, 3.05) is 19.0 Å². The highest BCUT2D eigenvalue weighted by Crippen LogP contribution is 2.37. The molecular weight excluding hydrogens is 496 g/mol. The number of esters is 1. The number of aromatic nitrogens is 1. The SMILES string of the molecule is CCOC(=O)c1c(-c2ccc(C)cc2)csc1NC(=O)c1cc(-c2ccc(OC)cc2)nc2ccccc12. The number of amides is 1. The highest BCUT2D eigenvalue weighted by molar-refractivity contribution is 7.15. The van der Waals surface area contributed by atoms with Gasteiger partial charge >= 0.3 is 5.97 Å². The number of ether oxygens (including phenoxy) is 2. The number of nitrogens with zero attached hydrogens (tertiary/aromatic N) is 1. The molecule has 0 saturated carbocycles. The Morgan fingerprint density at radius 1 is 0.947 bits per heavy atom. The van der Waals surface area contributed by atoms with Crippen LogP contribution in [-0.4, -0.2) is 30.6 Å². The monoisotopic (exact) mass is 522 g/mol. The zero-order valence-electron chi connectivity index (χ0n) is 21.3. The molecule has 0 bridgehead atoms. The molecule has 0 aliphatic heterocycles. The fraction of sp³-hybridized carbons (Fsp3) is 0.129. The van der Waals surface area contributed by atoms with Crippen LogP contribution in [0.3, 0.4) is 0 Å². The van der Waals surface area contributed by atoms with Crippen LogP contribution in [0.5, 0.6) is 5.75 Å². The van der Waals surface area contributed by atoms with Crippen LogP contribution >= 0.6 is 11.3 Å². The van der Waals surface area contributed by atoms with Crippen molar-refractivity contribution in [2.45, 2.75) is 13.8 Å². The molecule has 3 aromatic carbocycles. The first kappa shape index (κ1) is 25.2. The summed E-state index contributed by atoms with van der Waals surface area (Å²) in [4.78, 5) is 31.5. The van der Waals surface area contributed by atoms with Gasteiger partial charge in [-0.1, -0.05) is 48.0 Å². The van der Waals surface area contributed by atoms with Crippen LogP contribution in [0.4, 0.5) is 5.00 Å². The van der Waals surface area contributed by atoms with Crippen molar-refractivity contribution in [3.05, 3.63) is 101 Å². The van der Waals surface area contributed by atoms with Gasteiger partial charge in [-0.15, -0.1) is 11.3 Å². The lowest BCUT2D eigenvalue weighted by atomic mass is 10.0. The van der Waals surface area contributed by atoms with E-state index in [1.54, 1.807) is 20.1 Å². The van der Waals surface area contributed by atoms with Gasteiger partial charge in [-0.3, -0.25) is 4.79 Å². The van der Waals surface area contributed by atoms with E-state index < -0.39 is 5.97 Å². The number of benzene rings is 3. The van der Waals surface area contributed by atoms with Crippen LogP contribution in [0.1, 0.15) is 33.2 Å². The number of hydrogen-bond acceptors (Lipinski definition) is 6. The Hall–Kier alpha value is -4.49. The zero-order valence-corrected chi connectivity index (χ0v) is 22.1. The number of carbonyl (C=O) groups excluding carboxylic acids is 2. The molecular formula is C31H26N2O4S. The molecule has 6 nitrogen and oxygen atoms in total. The molecule has 1 N–H and O–H groups in total. The molecule has 5 aromatic rings. The number of methoxy groups -OCH3 is 1. The molecule has 2 aromatic heterocycles. The number of carbonyl (C=O) groups is 2. The zero-order chi connectivity index (χ0) is 26.6. The topological polar surface area (TPSA) is 77.5 Å². The van der Waals surface area contributed by atoms with Crippen LogP contribution in [0.2, 0.25) is 0 Å². The molecule has 0 atom stereocenters. The second kappa shape index (κ2) is 10.9. The second-order valence-corrected chi connectivity index (χ2v) is 9.57. The van der Waals surface area contributed by atoms with E-state index >= 15 is 0 Å². The van der Waals surface area contributed by atoms with Gasteiger partial charge in [0.05, 0.1) is 30.5 Å². The summed E-state index contributed by atoms with van der Waals surface area (Å²) >= 11 is 1.30. The first-order valence-corrected chi connectivity index (χ1v) is 13.1. The number of pyridine rings is 1. The summed E-state index contributed by atoms with van der Waals surface area (Å²) in [6.45, 7) is 4.00. The molecule has 0 saturated heterocycles. The molecule has 2 heterocycles. The van der Waals surface area contributed by atoms with E-state index in [9.17, 15) is 9.59 Å². The Labute approximate surface area is 224 Å². The maximum Gasteiger partial charge on any atom is 0.341 e. The van der Waals surface area contributed by atoms with Gasteiger partial charge in [0.2, 0.25) is 0 Å². The number of hydrogen-bond donors (Lipinski definition) is 1. The Balaban J connectivity index is 1.56. The number of thiophene rings is 1. The van der Waals surface area contributed by atoms with Crippen molar-refractivity contribution in [3.63, 3.8) is 0 Å². The summed E-state index contributed by atoms with van der Waals surface area (Å²) in [7, 11) is 1.62. The van der Waals surface area contributed by atoms with Gasteiger partial charge in [-0.05, 0) is 55.8 Å². The molecule has 0 spiro atoms. The van der Waals surface area contributed by atoms with Gasteiger partial charge in [0, 0.05) is 21.9 Å². The largest absolute Gasteiger partial charge is 0.497 e. The molecule has 0 aliphatic rings. The summed E-state index contributed by atoms with van der Waals surface area (Å²) in [5.74, 6) is -0.0690. The Bertz CT molecular complexity index is 1620. The van der Waals surface area contributed by atoms with Gasteiger partial charge < -0.3 is 14.8 Å². The van der Waals surface area contributed by atoms with Gasteiger partial charge in [0.1, 0.15) is 16.3 Å². The molecule has 190 valence electrons. The first-order chi connectivity index (χ1) is 18.5. The standard InChI is InChI=1S/C31H26N2O4S/c1-4-37-31(35)28-25(20-11-9-19(2)10-12-20)18-38-30(28)33-29(34)24-17-27(21-13-15-22(36-3)16-14-21)32-26-8-6-5-7-23(24)26/h5-18H,4H2,1-3H3,(H,33,34). The van der Waals surface area contributed by atoms with Crippen LogP contribution in [-0.2, 0) is 4.74 Å². The number of rotatable bonds is 7. The molecule has 7 heteroatoms. The van der Waals surface area contributed by atoms with Gasteiger partial charge in [0.15, 0.2) is 0 Å². The average Bonchev–Trinajstić information content (AvgIpc) is 3.36. The van der Waals surface area contributed by atoms with Crippen molar-refractivity contribution in [1.82, 2.24) is 4.98 Å². The third-order valence-electron chi connectivity index (χ3n) is 6.21. The van der Waals surface area contributed by atoms with E-state index in [1.807, 2.05) is 85.1 Å². The Morgan fingerprint density at radius 2 is 1.66 bits per heavy atom. The van der Waals surface area contributed by atoms with Crippen LogP contribution in [0.25, 0.3) is 33.3 Å². The van der Waals surface area contributed by atoms with E-state index in [1.165, 1.54) is 11.3 Å². The van der Waals surface area contributed by atoms with E-state index in [4.69, 9.17) is 14.5 Å². The van der Waals surface area contributed by atoms with E-state index in [2.05, 4.69) is 5.32 Å². The lowest BCUT2D eigenvalue weighted by Gasteiger charge is -2.12. The van der Waals surface area contributed by atoms with Gasteiger partial charge in [-0.25, -0.2) is 9.78 Å². The quantitative estimate of drug-likeness (QED) is 0.226. The van der Waals surface area contributed by atoms with Crippen molar-refractivity contribution in [2.24, 2.45) is 0 Å². The minimum absolute atomic E-state index is 0.232. The normalized spacial score (nSPS) is 10.8. The maximum absolute atomic E-state index is 13.7. The van der Waals surface area contributed by atoms with Crippen LogP contribution < -0.4 is 10.1 Å². The van der Waals surface area contributed by atoms with Gasteiger partial charge in [-0.2, -0.15) is 0 Å². The number of para-hydroxylation sites is 1. The fourth-order valence-electron chi connectivity index (χ4n) is 4.24. The van der Waals surface area contributed by atoms with Crippen molar-refractivity contribution < 1.29 is 19.1 Å². The predicted molar refractivity (Wildman–Crippen MR) is 152 cm³/mol. The van der Waals surface area contributed by atoms with Crippen molar-refractivity contribution in [3.8, 4) is 28.1 Å². The van der Waals surface area contributed by atoms with Crippen molar-refractivity contribution >= 4 is 39.1 Å². The number of anilines is 1. The third kappa shape index (κ3) is 5.01. The maximum atomic E-state index is 13.7. The molecule has 0 unspecified atom stereocenters. The van der Waals surface area contributed by atoms with E-state index in [0.717, 1.165) is 33.4 Å². The van der Waals surface area contributed by atoms with Crippen LogP contribution in [0.15, 0.2) is 84.2 Å². The summed E-state index contributed by atoms with van der Waals surface area (Å²) in [6.07, 6.45) is 0. The number of aryl methyl sites for hydroxylation is 1. The molecule has 5 rings (SSSR count). The smallest absolute Gasteiger partial charge is 0.341 e. The van der Waals surface area contributed by atoms with Crippen LogP contribution in [0, 0.1) is 6.92 Å². The first-order valence-electron chi connectivity index (χ1n) is 12.2. The summed E-state index contributed by atoms with van der Waals surface area (Å²) in [5, 5.41) is 6.02. The lowest BCUT2D eigenvalue weighted by Crippen LogP contribution is -2.15. The molecule has 0 aliphatic carbocycles. The fourth-order valence-corrected chi connectivity index (χ4v) is 5.20. The highest BCUT2D eigenvalue weighted by atomic mass is 32.1. The summed E-state index contributed by atoms with van der Waals surface area (Å²) in [6, 6.07) is 24.7. The highest BCUT2D eigenvalue weighted by Gasteiger charge is 2.24. The predicted octanol–water partition coefficient (Wildman–Crippen LogP) is 7.38. The molecule has 0 fully saturated rings. The molecule has 38 heavy (non-hydrogen) atoms. The van der Waals surface area contributed by atoms with Gasteiger partial charge in [0.25, 0.3) is 5.91 Å². The minimum atomic E-state index is -0.474. The number of fused-ring (bicyclic) bond motifs is 1. The number of nitrogens with one attached hydrogen (secondary N) is 1.